The molecule has 134 valence electrons. The van der Waals surface area contributed by atoms with Crippen molar-refractivity contribution < 1.29 is 9.59 Å². The number of benzene rings is 3. The van der Waals surface area contributed by atoms with Gasteiger partial charge in [-0.3, -0.25) is 14.5 Å². The molecule has 27 heavy (non-hydrogen) atoms. The Morgan fingerprint density at radius 2 is 1.85 bits per heavy atom. The summed E-state index contributed by atoms with van der Waals surface area (Å²) in [6, 6.07) is 19.0. The number of hydrogen-bond acceptors (Lipinski definition) is 3. The SMILES string of the molecule is C/C(=N\NC(=O)CN1C(=O)c2cccc3cccc1c23)c1cccc(Br)c1. The second-order valence-electron chi connectivity index (χ2n) is 6.31. The van der Waals surface area contributed by atoms with Crippen LogP contribution in [0.5, 0.6) is 0 Å². The molecule has 0 spiro atoms. The fourth-order valence-corrected chi connectivity index (χ4v) is 3.64. The van der Waals surface area contributed by atoms with Crippen molar-refractivity contribution in [2.45, 2.75) is 6.92 Å². The topological polar surface area (TPSA) is 61.8 Å². The predicted molar refractivity (Wildman–Crippen MR) is 110 cm³/mol. The molecule has 0 aliphatic carbocycles. The van der Waals surface area contributed by atoms with E-state index >= 15 is 0 Å². The van der Waals surface area contributed by atoms with Crippen molar-refractivity contribution in [3.63, 3.8) is 0 Å². The molecule has 1 aliphatic rings. The van der Waals surface area contributed by atoms with E-state index < -0.39 is 0 Å². The maximum absolute atomic E-state index is 12.7. The van der Waals surface area contributed by atoms with E-state index in [2.05, 4.69) is 26.5 Å². The van der Waals surface area contributed by atoms with Crippen LogP contribution in [0.4, 0.5) is 5.69 Å². The molecule has 6 heteroatoms. The van der Waals surface area contributed by atoms with E-state index in [0.717, 1.165) is 26.5 Å². The minimum Gasteiger partial charge on any atom is -0.298 e. The molecular weight excluding hydrogens is 406 g/mol. The molecular formula is C21H16BrN3O2. The molecule has 0 unspecified atom stereocenters. The number of hydrogen-bond donors (Lipinski definition) is 1. The lowest BCUT2D eigenvalue weighted by Crippen LogP contribution is -2.37. The number of nitrogens with one attached hydrogen (secondary N) is 1. The highest BCUT2D eigenvalue weighted by molar-refractivity contribution is 9.10. The zero-order valence-electron chi connectivity index (χ0n) is 14.6. The van der Waals surface area contributed by atoms with Crippen molar-refractivity contribution in [3.05, 3.63) is 76.3 Å². The van der Waals surface area contributed by atoms with Crippen LogP contribution in [-0.4, -0.2) is 24.1 Å². The van der Waals surface area contributed by atoms with Crippen molar-refractivity contribution in [2.24, 2.45) is 5.10 Å². The van der Waals surface area contributed by atoms with Gasteiger partial charge in [0.15, 0.2) is 0 Å². The van der Waals surface area contributed by atoms with Gasteiger partial charge >= 0.3 is 0 Å². The molecule has 0 radical (unpaired) electrons. The molecule has 0 saturated heterocycles. The molecule has 1 heterocycles. The second kappa shape index (κ2) is 6.96. The average molecular weight is 422 g/mol. The number of carbonyl (C=O) groups is 2. The summed E-state index contributed by atoms with van der Waals surface area (Å²) in [7, 11) is 0. The van der Waals surface area contributed by atoms with Gasteiger partial charge in [0.2, 0.25) is 0 Å². The van der Waals surface area contributed by atoms with Gasteiger partial charge in [0, 0.05) is 15.4 Å². The number of nitrogens with zero attached hydrogens (tertiary/aromatic N) is 2. The molecule has 0 bridgehead atoms. The second-order valence-corrected chi connectivity index (χ2v) is 7.23. The van der Waals surface area contributed by atoms with E-state index in [-0.39, 0.29) is 18.4 Å². The summed E-state index contributed by atoms with van der Waals surface area (Å²) in [5, 5.41) is 6.04. The number of anilines is 1. The van der Waals surface area contributed by atoms with Crippen LogP contribution in [-0.2, 0) is 4.79 Å². The lowest BCUT2D eigenvalue weighted by molar-refractivity contribution is -0.119. The lowest BCUT2D eigenvalue weighted by Gasteiger charge is -2.16. The van der Waals surface area contributed by atoms with Gasteiger partial charge in [0.1, 0.15) is 6.54 Å². The zero-order valence-corrected chi connectivity index (χ0v) is 16.2. The van der Waals surface area contributed by atoms with Crippen molar-refractivity contribution in [2.75, 3.05) is 11.4 Å². The number of carbonyl (C=O) groups excluding carboxylic acids is 2. The molecule has 2 amide bonds. The van der Waals surface area contributed by atoms with Crippen LogP contribution < -0.4 is 10.3 Å². The Morgan fingerprint density at radius 1 is 1.11 bits per heavy atom. The number of hydrazone groups is 1. The number of amides is 2. The highest BCUT2D eigenvalue weighted by Crippen LogP contribution is 2.36. The quantitative estimate of drug-likeness (QED) is 0.508. The smallest absolute Gasteiger partial charge is 0.260 e. The van der Waals surface area contributed by atoms with E-state index in [0.29, 0.717) is 11.3 Å². The maximum Gasteiger partial charge on any atom is 0.260 e. The van der Waals surface area contributed by atoms with Gasteiger partial charge in [-0.25, -0.2) is 5.43 Å². The van der Waals surface area contributed by atoms with Crippen LogP contribution in [0.15, 0.2) is 70.2 Å². The third kappa shape index (κ3) is 3.24. The summed E-state index contributed by atoms with van der Waals surface area (Å²) >= 11 is 3.42. The number of halogens is 1. The Hall–Kier alpha value is -2.99. The first kappa shape index (κ1) is 17.4. The van der Waals surface area contributed by atoms with Crippen LogP contribution in [0.1, 0.15) is 22.8 Å². The van der Waals surface area contributed by atoms with Gasteiger partial charge in [-0.05, 0) is 42.1 Å². The maximum atomic E-state index is 12.7. The van der Waals surface area contributed by atoms with E-state index in [1.807, 2.05) is 61.5 Å². The van der Waals surface area contributed by atoms with Crippen LogP contribution in [0, 0.1) is 0 Å². The Labute approximate surface area is 164 Å². The van der Waals surface area contributed by atoms with Gasteiger partial charge in [-0.2, -0.15) is 5.10 Å². The van der Waals surface area contributed by atoms with Crippen molar-refractivity contribution in [1.29, 1.82) is 0 Å². The molecule has 0 saturated carbocycles. The van der Waals surface area contributed by atoms with E-state index in [1.165, 1.54) is 4.90 Å². The van der Waals surface area contributed by atoms with Crippen molar-refractivity contribution >= 4 is 49.9 Å². The molecule has 5 nitrogen and oxygen atoms in total. The highest BCUT2D eigenvalue weighted by atomic mass is 79.9. The van der Waals surface area contributed by atoms with Crippen LogP contribution in [0.2, 0.25) is 0 Å². The Morgan fingerprint density at radius 3 is 2.63 bits per heavy atom. The van der Waals surface area contributed by atoms with Crippen LogP contribution >= 0.6 is 15.9 Å². The lowest BCUT2D eigenvalue weighted by atomic mass is 10.1. The summed E-state index contributed by atoms with van der Waals surface area (Å²) in [4.78, 5) is 26.6. The first-order valence-corrected chi connectivity index (χ1v) is 9.26. The Balaban J connectivity index is 1.52. The summed E-state index contributed by atoms with van der Waals surface area (Å²) in [6.45, 7) is 1.74. The largest absolute Gasteiger partial charge is 0.298 e. The minimum absolute atomic E-state index is 0.0815. The Kier molecular flexibility index (Phi) is 4.49. The van der Waals surface area contributed by atoms with E-state index in [4.69, 9.17) is 0 Å². The normalized spacial score (nSPS) is 13.3. The van der Waals surface area contributed by atoms with Gasteiger partial charge in [-0.1, -0.05) is 52.3 Å². The minimum atomic E-state index is -0.345. The first-order chi connectivity index (χ1) is 13.0. The first-order valence-electron chi connectivity index (χ1n) is 8.47. The molecule has 3 aromatic rings. The molecule has 0 atom stereocenters. The van der Waals surface area contributed by atoms with Crippen LogP contribution in [0.3, 0.4) is 0 Å². The van der Waals surface area contributed by atoms with Gasteiger partial charge in [-0.15, -0.1) is 0 Å². The van der Waals surface area contributed by atoms with E-state index in [1.54, 1.807) is 6.07 Å². The van der Waals surface area contributed by atoms with Gasteiger partial charge < -0.3 is 0 Å². The molecule has 3 aromatic carbocycles. The summed E-state index contributed by atoms with van der Waals surface area (Å²) in [5.41, 5.74) is 5.52. The molecule has 1 aliphatic heterocycles. The molecule has 1 N–H and O–H groups in total. The average Bonchev–Trinajstić information content (AvgIpc) is 2.94. The molecule has 4 rings (SSSR count). The highest BCUT2D eigenvalue weighted by Gasteiger charge is 2.30. The standard InChI is InChI=1S/C21H16BrN3O2/c1-13(15-7-2-8-16(22)11-15)23-24-19(26)12-25-18-10-4-6-14-5-3-9-17(20(14)18)21(25)27/h2-11H,12H2,1H3,(H,24,26)/b23-13+. The van der Waals surface area contributed by atoms with Gasteiger partial charge in [0.25, 0.3) is 11.8 Å². The van der Waals surface area contributed by atoms with E-state index in [9.17, 15) is 9.59 Å². The molecule has 0 aromatic heterocycles. The predicted octanol–water partition coefficient (Wildman–Crippen LogP) is 4.10. The fraction of sp³-hybridized carbons (Fsp3) is 0.0952. The number of rotatable bonds is 4. The summed E-state index contributed by atoms with van der Waals surface area (Å²) in [5.74, 6) is -0.507. The summed E-state index contributed by atoms with van der Waals surface area (Å²) in [6.07, 6.45) is 0. The summed E-state index contributed by atoms with van der Waals surface area (Å²) < 4.78 is 0.939. The third-order valence-corrected chi connectivity index (χ3v) is 5.03. The van der Waals surface area contributed by atoms with Crippen molar-refractivity contribution in [1.82, 2.24) is 5.43 Å². The zero-order chi connectivity index (χ0) is 19.0. The Bertz CT molecular complexity index is 1100. The fourth-order valence-electron chi connectivity index (χ4n) is 3.24. The van der Waals surface area contributed by atoms with Crippen molar-refractivity contribution in [3.8, 4) is 0 Å². The monoisotopic (exact) mass is 421 g/mol. The molecule has 0 fully saturated rings. The van der Waals surface area contributed by atoms with Gasteiger partial charge in [0.05, 0.1) is 11.4 Å². The third-order valence-electron chi connectivity index (χ3n) is 4.54. The van der Waals surface area contributed by atoms with Crippen LogP contribution in [0.25, 0.3) is 10.8 Å².